The molecule has 2 aromatic carbocycles. The van der Waals surface area contributed by atoms with Gasteiger partial charge in [-0.1, -0.05) is 38.6 Å². The van der Waals surface area contributed by atoms with Gasteiger partial charge in [-0.3, -0.25) is 15.6 Å². The number of benzene rings is 2. The Morgan fingerprint density at radius 2 is 1.84 bits per heavy atom. The molecule has 1 aliphatic rings. The number of carbonyl (C=O) groups is 1. The molecule has 3 N–H and O–H groups in total. The van der Waals surface area contributed by atoms with Crippen LogP contribution in [0.15, 0.2) is 69.5 Å². The Hall–Kier alpha value is -3.32. The van der Waals surface area contributed by atoms with Gasteiger partial charge in [0.25, 0.3) is 0 Å². The van der Waals surface area contributed by atoms with Crippen molar-refractivity contribution in [3.8, 4) is 11.5 Å². The van der Waals surface area contributed by atoms with Gasteiger partial charge in [0, 0.05) is 22.3 Å². The summed E-state index contributed by atoms with van der Waals surface area (Å²) < 4.78 is 5.04. The maximum Gasteiger partial charge on any atom is 0.308 e. The molecule has 7 heteroatoms. The second kappa shape index (κ2) is 9.44. The summed E-state index contributed by atoms with van der Waals surface area (Å²) >= 11 is 1.50. The number of phenols is 1. The predicted molar refractivity (Wildman–Crippen MR) is 131 cm³/mol. The van der Waals surface area contributed by atoms with E-state index >= 15 is 0 Å². The van der Waals surface area contributed by atoms with Gasteiger partial charge in [0.1, 0.15) is 17.2 Å². The number of allylic oxidation sites excluding steroid dienone is 3. The molecule has 1 aliphatic carbocycles. The van der Waals surface area contributed by atoms with Crippen LogP contribution >= 0.6 is 11.8 Å². The van der Waals surface area contributed by atoms with E-state index in [1.165, 1.54) is 18.7 Å². The number of hydrogen-bond donors (Lipinski definition) is 3. The molecular weight excluding hydrogens is 422 g/mol. The van der Waals surface area contributed by atoms with Crippen LogP contribution in [0.5, 0.6) is 11.5 Å². The molecule has 32 heavy (non-hydrogen) atoms. The summed E-state index contributed by atoms with van der Waals surface area (Å²) in [6.07, 6.45) is 5.39. The second-order valence-electron chi connectivity index (χ2n) is 8.53. The SMILES string of the molecule is CC(=O)Oc1ccc(SC2=CC(=N)/C(=N\Nc3cc(C)cc(C(C)(C)C)c3O)C=C2)cc1. The minimum absolute atomic E-state index is 0.169. The van der Waals surface area contributed by atoms with Gasteiger partial charge in [0.05, 0.1) is 11.4 Å². The molecule has 0 radical (unpaired) electrons. The van der Waals surface area contributed by atoms with Gasteiger partial charge >= 0.3 is 5.97 Å². The van der Waals surface area contributed by atoms with Gasteiger partial charge in [-0.2, -0.15) is 5.10 Å². The van der Waals surface area contributed by atoms with Gasteiger partial charge in [-0.05, 0) is 66.5 Å². The number of esters is 1. The molecule has 166 valence electrons. The molecule has 0 bridgehead atoms. The first-order valence-electron chi connectivity index (χ1n) is 10.2. The van der Waals surface area contributed by atoms with E-state index in [0.717, 1.165) is 20.9 Å². The first-order chi connectivity index (χ1) is 15.0. The number of aryl methyl sites for hydroxylation is 1. The molecule has 0 spiro atoms. The molecule has 2 aromatic rings. The lowest BCUT2D eigenvalue weighted by Gasteiger charge is -2.22. The number of rotatable bonds is 5. The predicted octanol–water partition coefficient (Wildman–Crippen LogP) is 5.96. The van der Waals surface area contributed by atoms with Gasteiger partial charge in [0.2, 0.25) is 0 Å². The zero-order valence-corrected chi connectivity index (χ0v) is 19.6. The van der Waals surface area contributed by atoms with Crippen LogP contribution in [-0.4, -0.2) is 22.5 Å². The Morgan fingerprint density at radius 3 is 2.44 bits per heavy atom. The summed E-state index contributed by atoms with van der Waals surface area (Å²) in [5.41, 5.74) is 5.82. The number of ether oxygens (including phenoxy) is 1. The van der Waals surface area contributed by atoms with Crippen molar-refractivity contribution in [2.24, 2.45) is 5.10 Å². The number of phenolic OH excluding ortho intramolecular Hbond substituents is 1. The highest BCUT2D eigenvalue weighted by Gasteiger charge is 2.21. The third-order valence-electron chi connectivity index (χ3n) is 4.65. The van der Waals surface area contributed by atoms with Crippen LogP contribution in [0.3, 0.4) is 0 Å². The Bertz CT molecular complexity index is 1140. The van der Waals surface area contributed by atoms with Gasteiger partial charge in [-0.25, -0.2) is 0 Å². The van der Waals surface area contributed by atoms with E-state index in [0.29, 0.717) is 17.1 Å². The molecule has 0 fully saturated rings. The largest absolute Gasteiger partial charge is 0.505 e. The number of aromatic hydroxyl groups is 1. The highest BCUT2D eigenvalue weighted by Crippen LogP contribution is 2.37. The lowest BCUT2D eigenvalue weighted by Crippen LogP contribution is -2.14. The summed E-state index contributed by atoms with van der Waals surface area (Å²) in [6, 6.07) is 11.0. The summed E-state index contributed by atoms with van der Waals surface area (Å²) in [4.78, 5) is 12.9. The fourth-order valence-corrected chi connectivity index (χ4v) is 3.97. The number of hydrogen-bond acceptors (Lipinski definition) is 7. The molecule has 0 amide bonds. The summed E-state index contributed by atoms with van der Waals surface area (Å²) in [6.45, 7) is 9.48. The summed E-state index contributed by atoms with van der Waals surface area (Å²) in [5.74, 6) is 0.311. The van der Waals surface area contributed by atoms with Crippen molar-refractivity contribution in [3.05, 3.63) is 70.7 Å². The number of anilines is 1. The topological polar surface area (TPSA) is 94.8 Å². The van der Waals surface area contributed by atoms with Crippen molar-refractivity contribution in [1.82, 2.24) is 0 Å². The first-order valence-corrected chi connectivity index (χ1v) is 11.0. The van der Waals surface area contributed by atoms with Crippen LogP contribution in [0.2, 0.25) is 0 Å². The minimum Gasteiger partial charge on any atom is -0.505 e. The average molecular weight is 450 g/mol. The summed E-state index contributed by atoms with van der Waals surface area (Å²) in [7, 11) is 0. The van der Waals surface area contributed by atoms with Crippen molar-refractivity contribution in [2.75, 3.05) is 5.43 Å². The smallest absolute Gasteiger partial charge is 0.308 e. The van der Waals surface area contributed by atoms with Gasteiger partial charge in [0.15, 0.2) is 0 Å². The minimum atomic E-state index is -0.356. The van der Waals surface area contributed by atoms with E-state index in [2.05, 4.69) is 10.5 Å². The zero-order chi connectivity index (χ0) is 23.5. The Kier molecular flexibility index (Phi) is 6.89. The molecule has 0 saturated heterocycles. The third-order valence-corrected chi connectivity index (χ3v) is 5.65. The molecule has 0 aromatic heterocycles. The summed E-state index contributed by atoms with van der Waals surface area (Å²) in [5, 5.41) is 23.3. The average Bonchev–Trinajstić information content (AvgIpc) is 2.69. The molecular formula is C25H27N3O3S. The van der Waals surface area contributed by atoms with E-state index in [4.69, 9.17) is 10.1 Å². The number of thioether (sulfide) groups is 1. The number of nitrogens with one attached hydrogen (secondary N) is 2. The standard InChI is InChI=1S/C25H27N3O3S/c1-15-12-20(25(3,4)5)24(30)23(13-15)28-27-22-11-10-19(14-21(22)26)32-18-8-6-17(7-9-18)31-16(2)29/h6-14,26,28,30H,1-5H3/b26-21?,27-22-. The van der Waals surface area contributed by atoms with E-state index in [1.807, 2.05) is 58.0 Å². The highest BCUT2D eigenvalue weighted by atomic mass is 32.2. The van der Waals surface area contributed by atoms with E-state index in [9.17, 15) is 9.90 Å². The van der Waals surface area contributed by atoms with Crippen molar-refractivity contribution >= 4 is 34.8 Å². The Morgan fingerprint density at radius 1 is 1.16 bits per heavy atom. The maximum absolute atomic E-state index is 11.0. The monoisotopic (exact) mass is 449 g/mol. The fraction of sp³-hybridized carbons (Fsp3) is 0.240. The molecule has 0 aliphatic heterocycles. The van der Waals surface area contributed by atoms with Crippen molar-refractivity contribution < 1.29 is 14.6 Å². The van der Waals surface area contributed by atoms with Gasteiger partial charge < -0.3 is 9.84 Å². The Balaban J connectivity index is 1.71. The van der Waals surface area contributed by atoms with Crippen molar-refractivity contribution in [3.63, 3.8) is 0 Å². The third kappa shape index (κ3) is 5.88. The molecule has 3 rings (SSSR count). The van der Waals surface area contributed by atoms with E-state index < -0.39 is 0 Å². The second-order valence-corrected chi connectivity index (χ2v) is 9.68. The van der Waals surface area contributed by atoms with Crippen LogP contribution in [0.25, 0.3) is 0 Å². The number of nitrogens with zero attached hydrogens (tertiary/aromatic N) is 1. The quantitative estimate of drug-likeness (QED) is 0.172. The number of hydrazone groups is 1. The van der Waals surface area contributed by atoms with E-state index in [-0.39, 0.29) is 22.8 Å². The van der Waals surface area contributed by atoms with Crippen LogP contribution in [0.1, 0.15) is 38.8 Å². The molecule has 0 unspecified atom stereocenters. The molecule has 0 saturated carbocycles. The first kappa shape index (κ1) is 23.3. The highest BCUT2D eigenvalue weighted by molar-refractivity contribution is 8.03. The van der Waals surface area contributed by atoms with Crippen molar-refractivity contribution in [1.29, 1.82) is 5.41 Å². The fourth-order valence-electron chi connectivity index (χ4n) is 3.11. The lowest BCUT2D eigenvalue weighted by molar-refractivity contribution is -0.131. The molecule has 0 heterocycles. The number of carbonyl (C=O) groups excluding carboxylic acids is 1. The van der Waals surface area contributed by atoms with Crippen LogP contribution in [0, 0.1) is 12.3 Å². The van der Waals surface area contributed by atoms with Gasteiger partial charge in [-0.15, -0.1) is 0 Å². The Labute approximate surface area is 192 Å². The zero-order valence-electron chi connectivity index (χ0n) is 18.8. The maximum atomic E-state index is 11.0. The molecule has 6 nitrogen and oxygen atoms in total. The normalized spacial score (nSPS) is 15.0. The van der Waals surface area contributed by atoms with Crippen LogP contribution < -0.4 is 10.2 Å². The van der Waals surface area contributed by atoms with Crippen LogP contribution in [0.4, 0.5) is 5.69 Å². The molecule has 0 atom stereocenters. The lowest BCUT2D eigenvalue weighted by atomic mass is 9.85. The van der Waals surface area contributed by atoms with Crippen molar-refractivity contribution in [2.45, 2.75) is 44.9 Å². The van der Waals surface area contributed by atoms with Crippen LogP contribution in [-0.2, 0) is 10.2 Å². The van der Waals surface area contributed by atoms with E-state index in [1.54, 1.807) is 24.3 Å².